The molecule has 0 atom stereocenters. The molecule has 1 heterocycles. The minimum atomic E-state index is -0.759. The van der Waals surface area contributed by atoms with Gasteiger partial charge in [-0.1, -0.05) is 0 Å². The molecule has 0 spiro atoms. The number of rotatable bonds is 5. The van der Waals surface area contributed by atoms with E-state index in [1.807, 2.05) is 31.1 Å². The van der Waals surface area contributed by atoms with Crippen LogP contribution in [0, 0.1) is 6.92 Å². The minimum Gasteiger partial charge on any atom is -0.481 e. The van der Waals surface area contributed by atoms with E-state index < -0.39 is 5.97 Å². The van der Waals surface area contributed by atoms with Crippen molar-refractivity contribution in [3.63, 3.8) is 0 Å². The van der Waals surface area contributed by atoms with Gasteiger partial charge in [0.1, 0.15) is 0 Å². The Hall–Kier alpha value is -1.42. The van der Waals surface area contributed by atoms with E-state index in [4.69, 9.17) is 5.11 Å². The van der Waals surface area contributed by atoms with Gasteiger partial charge in [-0.15, -0.1) is 0 Å². The number of carbonyl (C=O) groups is 1. The minimum absolute atomic E-state index is 0.176. The smallest absolute Gasteiger partial charge is 0.304 e. The molecule has 0 aliphatic rings. The third-order valence-electron chi connectivity index (χ3n) is 2.30. The average Bonchev–Trinajstić information content (AvgIpc) is 2.18. The van der Waals surface area contributed by atoms with Crippen molar-refractivity contribution in [3.05, 3.63) is 29.6 Å². The quantitative estimate of drug-likeness (QED) is 0.792. The molecular formula is C11H16N2O2. The lowest BCUT2D eigenvalue weighted by atomic mass is 10.1. The third kappa shape index (κ3) is 4.08. The molecule has 1 N–H and O–H groups in total. The molecule has 4 nitrogen and oxygen atoms in total. The topological polar surface area (TPSA) is 53.4 Å². The molecule has 0 aliphatic heterocycles. The Labute approximate surface area is 89.6 Å². The lowest BCUT2D eigenvalue weighted by molar-refractivity contribution is -0.137. The molecule has 82 valence electrons. The summed E-state index contributed by atoms with van der Waals surface area (Å²) in [5.74, 6) is -0.759. The van der Waals surface area contributed by atoms with E-state index in [0.29, 0.717) is 6.54 Å². The van der Waals surface area contributed by atoms with Crippen LogP contribution in [0.15, 0.2) is 18.5 Å². The van der Waals surface area contributed by atoms with E-state index in [1.54, 1.807) is 6.20 Å². The number of aryl methyl sites for hydroxylation is 1. The van der Waals surface area contributed by atoms with Gasteiger partial charge in [-0.2, -0.15) is 0 Å². The second-order valence-electron chi connectivity index (χ2n) is 3.68. The second-order valence-corrected chi connectivity index (χ2v) is 3.68. The van der Waals surface area contributed by atoms with E-state index in [2.05, 4.69) is 4.98 Å². The molecule has 0 amide bonds. The Morgan fingerprint density at radius 1 is 1.60 bits per heavy atom. The van der Waals surface area contributed by atoms with Gasteiger partial charge in [0.2, 0.25) is 0 Å². The number of aromatic nitrogens is 1. The van der Waals surface area contributed by atoms with E-state index >= 15 is 0 Å². The van der Waals surface area contributed by atoms with Gasteiger partial charge in [0.15, 0.2) is 0 Å². The molecule has 0 radical (unpaired) electrons. The van der Waals surface area contributed by atoms with Crippen molar-refractivity contribution in [2.24, 2.45) is 0 Å². The van der Waals surface area contributed by atoms with Crippen molar-refractivity contribution in [1.82, 2.24) is 9.88 Å². The SMILES string of the molecule is Cc1ccncc1CN(C)CCC(=O)O. The second kappa shape index (κ2) is 5.46. The summed E-state index contributed by atoms with van der Waals surface area (Å²) in [6, 6.07) is 1.96. The van der Waals surface area contributed by atoms with Crippen LogP contribution in [-0.2, 0) is 11.3 Å². The van der Waals surface area contributed by atoms with Crippen LogP contribution in [-0.4, -0.2) is 34.6 Å². The van der Waals surface area contributed by atoms with Crippen molar-refractivity contribution < 1.29 is 9.90 Å². The number of pyridine rings is 1. The lowest BCUT2D eigenvalue weighted by Gasteiger charge is -2.16. The molecule has 0 aliphatic carbocycles. The molecule has 1 aromatic heterocycles. The Morgan fingerprint density at radius 2 is 2.33 bits per heavy atom. The van der Waals surface area contributed by atoms with Gasteiger partial charge in [-0.05, 0) is 31.2 Å². The molecule has 1 rings (SSSR count). The van der Waals surface area contributed by atoms with Crippen LogP contribution in [0.1, 0.15) is 17.5 Å². The van der Waals surface area contributed by atoms with Gasteiger partial charge < -0.3 is 10.0 Å². The standard InChI is InChI=1S/C11H16N2O2/c1-9-3-5-12-7-10(9)8-13(2)6-4-11(14)15/h3,5,7H,4,6,8H2,1-2H3,(H,14,15). The summed E-state index contributed by atoms with van der Waals surface area (Å²) in [5, 5.41) is 8.54. The molecule has 0 aromatic carbocycles. The Kier molecular flexibility index (Phi) is 4.24. The Bertz CT molecular complexity index is 339. The van der Waals surface area contributed by atoms with Gasteiger partial charge >= 0.3 is 5.97 Å². The summed E-state index contributed by atoms with van der Waals surface area (Å²) in [6.45, 7) is 3.33. The molecule has 15 heavy (non-hydrogen) atoms. The van der Waals surface area contributed by atoms with Gasteiger partial charge in [0.25, 0.3) is 0 Å². The van der Waals surface area contributed by atoms with Gasteiger partial charge in [0.05, 0.1) is 6.42 Å². The summed E-state index contributed by atoms with van der Waals surface area (Å²) in [5.41, 5.74) is 2.33. The van der Waals surface area contributed by atoms with E-state index in [0.717, 1.165) is 12.1 Å². The highest BCUT2D eigenvalue weighted by Crippen LogP contribution is 2.07. The Morgan fingerprint density at radius 3 is 2.93 bits per heavy atom. The summed E-state index contributed by atoms with van der Waals surface area (Å²) in [4.78, 5) is 16.4. The maximum Gasteiger partial charge on any atom is 0.304 e. The first-order valence-electron chi connectivity index (χ1n) is 4.89. The zero-order chi connectivity index (χ0) is 11.3. The number of carboxylic acid groups (broad SMARTS) is 1. The first-order chi connectivity index (χ1) is 7.09. The van der Waals surface area contributed by atoms with E-state index in [1.165, 1.54) is 5.56 Å². The molecular weight excluding hydrogens is 192 g/mol. The highest BCUT2D eigenvalue weighted by molar-refractivity contribution is 5.66. The van der Waals surface area contributed by atoms with Crippen LogP contribution in [0.25, 0.3) is 0 Å². The number of carboxylic acids is 1. The largest absolute Gasteiger partial charge is 0.481 e. The van der Waals surface area contributed by atoms with Gasteiger partial charge in [0, 0.05) is 25.5 Å². The Balaban J connectivity index is 2.47. The zero-order valence-electron chi connectivity index (χ0n) is 9.10. The predicted octanol–water partition coefficient (Wildman–Crippen LogP) is 1.30. The molecule has 1 aromatic rings. The summed E-state index contributed by atoms with van der Waals surface area (Å²) in [6.07, 6.45) is 3.76. The zero-order valence-corrected chi connectivity index (χ0v) is 9.10. The summed E-state index contributed by atoms with van der Waals surface area (Å²) < 4.78 is 0. The maximum atomic E-state index is 10.4. The van der Waals surface area contributed by atoms with Crippen molar-refractivity contribution >= 4 is 5.97 Å². The van der Waals surface area contributed by atoms with Gasteiger partial charge in [-0.3, -0.25) is 9.78 Å². The van der Waals surface area contributed by atoms with E-state index in [9.17, 15) is 4.79 Å². The van der Waals surface area contributed by atoms with Crippen LogP contribution in [0.4, 0.5) is 0 Å². The molecule has 0 unspecified atom stereocenters. The van der Waals surface area contributed by atoms with Crippen molar-refractivity contribution in [3.8, 4) is 0 Å². The lowest BCUT2D eigenvalue weighted by Crippen LogP contribution is -2.21. The van der Waals surface area contributed by atoms with Crippen molar-refractivity contribution in [2.45, 2.75) is 19.9 Å². The maximum absolute atomic E-state index is 10.4. The van der Waals surface area contributed by atoms with Crippen LogP contribution in [0.3, 0.4) is 0 Å². The highest BCUT2D eigenvalue weighted by Gasteiger charge is 2.05. The third-order valence-corrected chi connectivity index (χ3v) is 2.30. The molecule has 0 bridgehead atoms. The highest BCUT2D eigenvalue weighted by atomic mass is 16.4. The number of nitrogens with zero attached hydrogens (tertiary/aromatic N) is 2. The number of hydrogen-bond donors (Lipinski definition) is 1. The first-order valence-corrected chi connectivity index (χ1v) is 4.89. The van der Waals surface area contributed by atoms with Crippen LogP contribution in [0.2, 0.25) is 0 Å². The first kappa shape index (κ1) is 11.7. The molecule has 0 fully saturated rings. The normalized spacial score (nSPS) is 10.6. The van der Waals surface area contributed by atoms with Crippen LogP contribution >= 0.6 is 0 Å². The fraction of sp³-hybridized carbons (Fsp3) is 0.455. The van der Waals surface area contributed by atoms with Crippen molar-refractivity contribution in [2.75, 3.05) is 13.6 Å². The van der Waals surface area contributed by atoms with Crippen molar-refractivity contribution in [1.29, 1.82) is 0 Å². The predicted molar refractivity (Wildman–Crippen MR) is 57.6 cm³/mol. The fourth-order valence-electron chi connectivity index (χ4n) is 1.32. The molecule has 4 heteroatoms. The average molecular weight is 208 g/mol. The van der Waals surface area contributed by atoms with E-state index in [-0.39, 0.29) is 6.42 Å². The monoisotopic (exact) mass is 208 g/mol. The molecule has 0 saturated heterocycles. The summed E-state index contributed by atoms with van der Waals surface area (Å²) >= 11 is 0. The van der Waals surface area contributed by atoms with Crippen LogP contribution in [0.5, 0.6) is 0 Å². The summed E-state index contributed by atoms with van der Waals surface area (Å²) in [7, 11) is 1.91. The molecule has 0 saturated carbocycles. The fourth-order valence-corrected chi connectivity index (χ4v) is 1.32. The van der Waals surface area contributed by atoms with Gasteiger partial charge in [-0.25, -0.2) is 0 Å². The number of hydrogen-bond acceptors (Lipinski definition) is 3. The van der Waals surface area contributed by atoms with Crippen LogP contribution < -0.4 is 0 Å². The number of aliphatic carboxylic acids is 1.